The van der Waals surface area contributed by atoms with E-state index in [0.717, 1.165) is 0 Å². The average Bonchev–Trinajstić information content (AvgIpc) is 3.15. The summed E-state index contributed by atoms with van der Waals surface area (Å²) < 4.78 is 3.05. The smallest absolute Gasteiger partial charge is 0.264 e. The van der Waals surface area contributed by atoms with Gasteiger partial charge in [-0.1, -0.05) is 23.7 Å². The molecule has 3 aromatic heterocycles. The highest BCUT2D eigenvalue weighted by atomic mass is 35.5. The minimum Gasteiger partial charge on any atom is -0.508 e. The van der Waals surface area contributed by atoms with Crippen LogP contribution in [-0.4, -0.2) is 30.2 Å². The number of amides is 1. The number of aromatic nitrogens is 4. The Kier molecular flexibility index (Phi) is 5.30. The lowest BCUT2D eigenvalue weighted by Gasteiger charge is -2.21. The number of fused-ring (bicyclic) bond motifs is 2. The third-order valence-electron chi connectivity index (χ3n) is 5.72. The molecule has 5 aromatic rings. The van der Waals surface area contributed by atoms with Gasteiger partial charge in [-0.3, -0.25) is 14.2 Å². The number of halogens is 1. The van der Waals surface area contributed by atoms with Crippen molar-refractivity contribution < 1.29 is 9.90 Å². The van der Waals surface area contributed by atoms with Crippen LogP contribution in [0.25, 0.3) is 22.1 Å². The number of aryl methyl sites for hydroxylation is 1. The Morgan fingerprint density at radius 3 is 2.68 bits per heavy atom. The van der Waals surface area contributed by atoms with Crippen LogP contribution in [-0.2, 0) is 0 Å². The quantitative estimate of drug-likeness (QED) is 0.407. The van der Waals surface area contributed by atoms with E-state index in [1.54, 1.807) is 67.2 Å². The standard InChI is InChI=1S/C25H20ClN5O3/c1-14(28-24(33)21-15(2)29-30-12-4-11-27-23(21)30)20-13-16-5-3-6-19(26)22(16)25(34)31(20)17-7-9-18(32)10-8-17/h3-14,32H,1-2H3,(H,28,33)/t14-/m0/s1. The van der Waals surface area contributed by atoms with E-state index in [1.807, 2.05) is 6.07 Å². The molecule has 2 aromatic carbocycles. The van der Waals surface area contributed by atoms with E-state index in [4.69, 9.17) is 11.6 Å². The van der Waals surface area contributed by atoms with Crippen LogP contribution in [0.3, 0.4) is 0 Å². The first-order valence-corrected chi connectivity index (χ1v) is 11.0. The van der Waals surface area contributed by atoms with Gasteiger partial charge < -0.3 is 10.4 Å². The molecule has 1 atom stereocenters. The number of carbonyl (C=O) groups excluding carboxylic acids is 1. The van der Waals surface area contributed by atoms with Crippen molar-refractivity contribution in [2.75, 3.05) is 0 Å². The summed E-state index contributed by atoms with van der Waals surface area (Å²) in [6.45, 7) is 3.55. The van der Waals surface area contributed by atoms with E-state index >= 15 is 0 Å². The van der Waals surface area contributed by atoms with Gasteiger partial charge >= 0.3 is 0 Å². The minimum absolute atomic E-state index is 0.0783. The van der Waals surface area contributed by atoms with Crippen LogP contribution in [0, 0.1) is 6.92 Å². The number of nitrogens with one attached hydrogen (secondary N) is 1. The molecule has 170 valence electrons. The van der Waals surface area contributed by atoms with Gasteiger partial charge in [-0.05, 0) is 61.7 Å². The number of aromatic hydroxyl groups is 1. The summed E-state index contributed by atoms with van der Waals surface area (Å²) in [5.41, 5.74) is 2.14. The Hall–Kier alpha value is -4.17. The number of phenols is 1. The van der Waals surface area contributed by atoms with E-state index in [9.17, 15) is 14.7 Å². The van der Waals surface area contributed by atoms with Crippen LogP contribution in [0.15, 0.2) is 71.8 Å². The number of hydrogen-bond donors (Lipinski definition) is 2. The molecule has 0 aliphatic heterocycles. The van der Waals surface area contributed by atoms with Crippen molar-refractivity contribution in [2.24, 2.45) is 0 Å². The van der Waals surface area contributed by atoms with Gasteiger partial charge in [-0.2, -0.15) is 5.10 Å². The van der Waals surface area contributed by atoms with E-state index in [1.165, 1.54) is 16.7 Å². The fourth-order valence-electron chi connectivity index (χ4n) is 4.13. The Balaban J connectivity index is 1.64. The molecule has 34 heavy (non-hydrogen) atoms. The summed E-state index contributed by atoms with van der Waals surface area (Å²) in [4.78, 5) is 31.1. The van der Waals surface area contributed by atoms with Crippen molar-refractivity contribution in [3.05, 3.63) is 99.3 Å². The predicted octanol–water partition coefficient (Wildman–Crippen LogP) is 4.19. The topological polar surface area (TPSA) is 102 Å². The molecule has 2 N–H and O–H groups in total. The van der Waals surface area contributed by atoms with Gasteiger partial charge in [0.1, 0.15) is 11.3 Å². The second-order valence-electron chi connectivity index (χ2n) is 7.97. The monoisotopic (exact) mass is 473 g/mol. The number of phenolic OH excluding ortho intramolecular Hbond substituents is 1. The molecule has 5 rings (SSSR count). The van der Waals surface area contributed by atoms with E-state index in [-0.39, 0.29) is 17.2 Å². The van der Waals surface area contributed by atoms with E-state index < -0.39 is 6.04 Å². The van der Waals surface area contributed by atoms with Gasteiger partial charge in [0.05, 0.1) is 22.1 Å². The zero-order chi connectivity index (χ0) is 24.0. The van der Waals surface area contributed by atoms with Crippen LogP contribution in [0.5, 0.6) is 5.75 Å². The Bertz CT molecular complexity index is 1620. The molecule has 8 nitrogen and oxygen atoms in total. The van der Waals surface area contributed by atoms with Crippen LogP contribution in [0.2, 0.25) is 5.02 Å². The lowest BCUT2D eigenvalue weighted by Crippen LogP contribution is -2.32. The van der Waals surface area contributed by atoms with Gasteiger partial charge in [0, 0.05) is 23.8 Å². The predicted molar refractivity (Wildman–Crippen MR) is 130 cm³/mol. The second-order valence-corrected chi connectivity index (χ2v) is 8.38. The fourth-order valence-corrected chi connectivity index (χ4v) is 4.39. The van der Waals surface area contributed by atoms with Gasteiger partial charge in [-0.15, -0.1) is 0 Å². The number of hydrogen-bond acceptors (Lipinski definition) is 5. The molecule has 0 spiro atoms. The maximum absolute atomic E-state index is 13.6. The molecule has 0 aliphatic carbocycles. The number of pyridine rings is 1. The van der Waals surface area contributed by atoms with Crippen LogP contribution in [0.1, 0.15) is 34.7 Å². The normalized spacial score (nSPS) is 12.2. The van der Waals surface area contributed by atoms with E-state index in [2.05, 4.69) is 15.4 Å². The van der Waals surface area contributed by atoms with Gasteiger partial charge in [0.15, 0.2) is 5.65 Å². The summed E-state index contributed by atoms with van der Waals surface area (Å²) in [5, 5.41) is 18.4. The Labute approximate surface area is 199 Å². The summed E-state index contributed by atoms with van der Waals surface area (Å²) in [6.07, 6.45) is 3.33. The first-order chi connectivity index (χ1) is 16.3. The SMILES string of the molecule is Cc1nn2cccnc2c1C(=O)N[C@@H](C)c1cc2cccc(Cl)c2c(=O)n1-c1ccc(O)cc1. The third kappa shape index (κ3) is 3.58. The minimum atomic E-state index is -0.560. The highest BCUT2D eigenvalue weighted by Gasteiger charge is 2.23. The van der Waals surface area contributed by atoms with Crippen LogP contribution >= 0.6 is 11.6 Å². The van der Waals surface area contributed by atoms with Crippen LogP contribution in [0.4, 0.5) is 0 Å². The van der Waals surface area contributed by atoms with Gasteiger partial charge in [-0.25, -0.2) is 9.50 Å². The summed E-state index contributed by atoms with van der Waals surface area (Å²) >= 11 is 6.36. The summed E-state index contributed by atoms with van der Waals surface area (Å²) in [7, 11) is 0. The molecule has 0 saturated carbocycles. The number of rotatable bonds is 4. The first-order valence-electron chi connectivity index (χ1n) is 10.6. The number of carbonyl (C=O) groups is 1. The Morgan fingerprint density at radius 1 is 1.15 bits per heavy atom. The molecule has 1 amide bonds. The maximum atomic E-state index is 13.6. The number of nitrogens with zero attached hydrogens (tertiary/aromatic N) is 4. The van der Waals surface area contributed by atoms with Crippen molar-refractivity contribution in [1.82, 2.24) is 24.5 Å². The molecule has 0 aliphatic rings. The lowest BCUT2D eigenvalue weighted by atomic mass is 10.1. The highest BCUT2D eigenvalue weighted by Crippen LogP contribution is 2.26. The molecule has 0 unspecified atom stereocenters. The van der Waals surface area contributed by atoms with Crippen molar-refractivity contribution >= 4 is 33.9 Å². The van der Waals surface area contributed by atoms with Gasteiger partial charge in [0.2, 0.25) is 0 Å². The molecule has 0 fully saturated rings. The highest BCUT2D eigenvalue weighted by molar-refractivity contribution is 6.35. The number of benzene rings is 2. The average molecular weight is 474 g/mol. The first kappa shape index (κ1) is 21.7. The largest absolute Gasteiger partial charge is 0.508 e. The molecular weight excluding hydrogens is 454 g/mol. The molecule has 0 radical (unpaired) electrons. The summed E-state index contributed by atoms with van der Waals surface area (Å²) in [5.74, 6) is -0.274. The molecule has 3 heterocycles. The second kappa shape index (κ2) is 8.31. The van der Waals surface area contributed by atoms with Crippen molar-refractivity contribution in [2.45, 2.75) is 19.9 Å². The van der Waals surface area contributed by atoms with Crippen LogP contribution < -0.4 is 10.9 Å². The zero-order valence-electron chi connectivity index (χ0n) is 18.4. The van der Waals surface area contributed by atoms with E-state index in [0.29, 0.717) is 44.1 Å². The summed E-state index contributed by atoms with van der Waals surface area (Å²) in [6, 6.07) is 14.5. The van der Waals surface area contributed by atoms with Crippen molar-refractivity contribution in [1.29, 1.82) is 0 Å². The molecule has 0 saturated heterocycles. The molecule has 9 heteroatoms. The molecular formula is C25H20ClN5O3. The lowest BCUT2D eigenvalue weighted by molar-refractivity contribution is 0.0939. The maximum Gasteiger partial charge on any atom is 0.264 e. The van der Waals surface area contributed by atoms with Crippen molar-refractivity contribution in [3.63, 3.8) is 0 Å². The van der Waals surface area contributed by atoms with Gasteiger partial charge in [0.25, 0.3) is 11.5 Å². The third-order valence-corrected chi connectivity index (χ3v) is 6.04. The molecule has 0 bridgehead atoms. The Morgan fingerprint density at radius 2 is 1.91 bits per heavy atom. The zero-order valence-corrected chi connectivity index (χ0v) is 19.1. The fraction of sp³-hybridized carbons (Fsp3) is 0.120. The van der Waals surface area contributed by atoms with Crippen molar-refractivity contribution in [3.8, 4) is 11.4 Å².